The molecule has 1 fully saturated rings. The molecule has 2 nitrogen and oxygen atoms in total. The Kier molecular flexibility index (Phi) is 2.66. The summed E-state index contributed by atoms with van der Waals surface area (Å²) in [6, 6.07) is 5.34. The summed E-state index contributed by atoms with van der Waals surface area (Å²) in [6.07, 6.45) is 0.903. The Hall–Kier alpha value is -0.730. The van der Waals surface area contributed by atoms with Gasteiger partial charge in [0.05, 0.1) is 10.0 Å². The molecule has 2 rings (SSSR count). The lowest BCUT2D eigenvalue weighted by molar-refractivity contribution is -0.141. The lowest BCUT2D eigenvalue weighted by Crippen LogP contribution is -1.99. The number of hydrogen-bond donors (Lipinski definition) is 0. The van der Waals surface area contributed by atoms with Gasteiger partial charge in [0.25, 0.3) is 0 Å². The van der Waals surface area contributed by atoms with Crippen molar-refractivity contribution in [2.45, 2.75) is 18.9 Å². The molecule has 0 N–H and O–H groups in total. The maximum atomic E-state index is 10.9. The second kappa shape index (κ2) is 3.79. The van der Waals surface area contributed by atoms with Crippen molar-refractivity contribution in [3.63, 3.8) is 0 Å². The number of rotatable bonds is 1. The Balaban J connectivity index is 2.32. The highest BCUT2D eigenvalue weighted by Crippen LogP contribution is 2.36. The van der Waals surface area contributed by atoms with Gasteiger partial charge in [0.1, 0.15) is 6.10 Å². The SMILES string of the molecule is O=C1CC[C@@H](c2cccc(Cl)c2Cl)O1. The molecule has 1 aliphatic rings. The van der Waals surface area contributed by atoms with E-state index in [2.05, 4.69) is 0 Å². The molecule has 0 bridgehead atoms. The standard InChI is InChI=1S/C10H8Cl2O2/c11-7-3-1-2-6(10(7)12)8-4-5-9(13)14-8/h1-3,8H,4-5H2/t8-/m0/s1. The van der Waals surface area contributed by atoms with Crippen molar-refractivity contribution >= 4 is 29.2 Å². The summed E-state index contributed by atoms with van der Waals surface area (Å²) < 4.78 is 5.10. The van der Waals surface area contributed by atoms with Gasteiger partial charge in [-0.15, -0.1) is 0 Å². The van der Waals surface area contributed by atoms with Gasteiger partial charge in [-0.2, -0.15) is 0 Å². The van der Waals surface area contributed by atoms with Crippen LogP contribution in [0.25, 0.3) is 0 Å². The van der Waals surface area contributed by atoms with E-state index in [4.69, 9.17) is 27.9 Å². The Morgan fingerprint density at radius 3 is 2.79 bits per heavy atom. The lowest BCUT2D eigenvalue weighted by Gasteiger charge is -2.11. The largest absolute Gasteiger partial charge is 0.457 e. The van der Waals surface area contributed by atoms with Crippen LogP contribution in [-0.2, 0) is 9.53 Å². The van der Waals surface area contributed by atoms with E-state index in [0.29, 0.717) is 22.9 Å². The molecule has 1 aromatic rings. The van der Waals surface area contributed by atoms with Gasteiger partial charge < -0.3 is 4.74 Å². The first-order valence-electron chi connectivity index (χ1n) is 4.32. The fraction of sp³-hybridized carbons (Fsp3) is 0.300. The fourth-order valence-corrected chi connectivity index (χ4v) is 1.94. The van der Waals surface area contributed by atoms with Crippen LogP contribution in [0.15, 0.2) is 18.2 Å². The van der Waals surface area contributed by atoms with Crippen LogP contribution >= 0.6 is 23.2 Å². The molecule has 1 saturated heterocycles. The molecule has 0 aliphatic carbocycles. The minimum absolute atomic E-state index is 0.175. The third-order valence-electron chi connectivity index (χ3n) is 2.21. The van der Waals surface area contributed by atoms with Crippen molar-refractivity contribution < 1.29 is 9.53 Å². The van der Waals surface area contributed by atoms with Crippen molar-refractivity contribution in [3.8, 4) is 0 Å². The van der Waals surface area contributed by atoms with Crippen molar-refractivity contribution in [1.82, 2.24) is 0 Å². The van der Waals surface area contributed by atoms with Gasteiger partial charge in [-0.05, 0) is 12.5 Å². The van der Waals surface area contributed by atoms with Gasteiger partial charge in [0.2, 0.25) is 0 Å². The highest BCUT2D eigenvalue weighted by molar-refractivity contribution is 6.42. The fourth-order valence-electron chi connectivity index (χ4n) is 1.51. The van der Waals surface area contributed by atoms with E-state index in [1.807, 2.05) is 6.07 Å². The van der Waals surface area contributed by atoms with Crippen LogP contribution in [0, 0.1) is 0 Å². The summed E-state index contributed by atoms with van der Waals surface area (Å²) in [5, 5.41) is 0.973. The molecule has 1 aromatic carbocycles. The summed E-state index contributed by atoms with van der Waals surface area (Å²) in [5.74, 6) is -0.175. The van der Waals surface area contributed by atoms with E-state index in [1.54, 1.807) is 12.1 Å². The van der Waals surface area contributed by atoms with Gasteiger partial charge in [-0.1, -0.05) is 35.3 Å². The van der Waals surface area contributed by atoms with Crippen LogP contribution in [0.4, 0.5) is 0 Å². The van der Waals surface area contributed by atoms with Crippen LogP contribution in [-0.4, -0.2) is 5.97 Å². The van der Waals surface area contributed by atoms with Crippen molar-refractivity contribution in [2.24, 2.45) is 0 Å². The maximum Gasteiger partial charge on any atom is 0.306 e. The van der Waals surface area contributed by atoms with Crippen LogP contribution in [0.2, 0.25) is 10.0 Å². The first kappa shape index (κ1) is 9.81. The Morgan fingerprint density at radius 2 is 2.14 bits per heavy atom. The first-order valence-corrected chi connectivity index (χ1v) is 5.07. The third-order valence-corrected chi connectivity index (χ3v) is 3.05. The van der Waals surface area contributed by atoms with Gasteiger partial charge in [0.15, 0.2) is 0 Å². The minimum Gasteiger partial charge on any atom is -0.457 e. The summed E-state index contributed by atoms with van der Waals surface area (Å²) in [4.78, 5) is 10.9. The Bertz CT molecular complexity index is 376. The first-order chi connectivity index (χ1) is 6.68. The number of benzene rings is 1. The predicted molar refractivity (Wildman–Crippen MR) is 54.5 cm³/mol. The van der Waals surface area contributed by atoms with Crippen LogP contribution in [0.5, 0.6) is 0 Å². The van der Waals surface area contributed by atoms with E-state index in [1.165, 1.54) is 0 Å². The minimum atomic E-state index is -0.228. The Labute approximate surface area is 91.8 Å². The normalized spacial score (nSPS) is 21.0. The number of halogens is 2. The number of cyclic esters (lactones) is 1. The van der Waals surface area contributed by atoms with E-state index < -0.39 is 0 Å². The molecule has 4 heteroatoms. The van der Waals surface area contributed by atoms with Crippen molar-refractivity contribution in [1.29, 1.82) is 0 Å². The molecule has 0 unspecified atom stereocenters. The van der Waals surface area contributed by atoms with E-state index in [9.17, 15) is 4.79 Å². The molecular weight excluding hydrogens is 223 g/mol. The van der Waals surface area contributed by atoms with Crippen LogP contribution in [0.3, 0.4) is 0 Å². The molecule has 0 spiro atoms. The number of carbonyl (C=O) groups excluding carboxylic acids is 1. The summed E-state index contributed by atoms with van der Waals surface area (Å²) >= 11 is 11.9. The van der Waals surface area contributed by atoms with Crippen LogP contribution < -0.4 is 0 Å². The van der Waals surface area contributed by atoms with E-state index in [0.717, 1.165) is 5.56 Å². The second-order valence-corrected chi connectivity index (χ2v) is 3.95. The quantitative estimate of drug-likeness (QED) is 0.692. The molecule has 0 saturated carbocycles. The molecule has 14 heavy (non-hydrogen) atoms. The summed E-state index contributed by atoms with van der Waals surface area (Å²) in [6.45, 7) is 0. The monoisotopic (exact) mass is 230 g/mol. The molecule has 0 aromatic heterocycles. The maximum absolute atomic E-state index is 10.9. The van der Waals surface area contributed by atoms with Crippen molar-refractivity contribution in [3.05, 3.63) is 33.8 Å². The summed E-state index contributed by atoms with van der Waals surface area (Å²) in [5.41, 5.74) is 0.796. The van der Waals surface area contributed by atoms with Crippen LogP contribution in [0.1, 0.15) is 24.5 Å². The highest BCUT2D eigenvalue weighted by Gasteiger charge is 2.26. The lowest BCUT2D eigenvalue weighted by atomic mass is 10.1. The van der Waals surface area contributed by atoms with E-state index >= 15 is 0 Å². The molecule has 0 radical (unpaired) electrons. The summed E-state index contributed by atoms with van der Waals surface area (Å²) in [7, 11) is 0. The molecule has 1 aliphatic heterocycles. The average Bonchev–Trinajstić information content (AvgIpc) is 2.57. The Morgan fingerprint density at radius 1 is 1.36 bits per heavy atom. The highest BCUT2D eigenvalue weighted by atomic mass is 35.5. The van der Waals surface area contributed by atoms with Gasteiger partial charge in [0, 0.05) is 12.0 Å². The number of hydrogen-bond acceptors (Lipinski definition) is 2. The number of ether oxygens (including phenoxy) is 1. The zero-order valence-corrected chi connectivity index (χ0v) is 8.81. The number of esters is 1. The van der Waals surface area contributed by atoms with Gasteiger partial charge >= 0.3 is 5.97 Å². The molecule has 1 heterocycles. The molecule has 1 atom stereocenters. The number of carbonyl (C=O) groups is 1. The third kappa shape index (κ3) is 1.72. The molecule has 74 valence electrons. The topological polar surface area (TPSA) is 26.3 Å². The second-order valence-electron chi connectivity index (χ2n) is 3.16. The zero-order chi connectivity index (χ0) is 10.1. The predicted octanol–water partition coefficient (Wildman–Crippen LogP) is 3.37. The molecular formula is C10H8Cl2O2. The van der Waals surface area contributed by atoms with Crippen molar-refractivity contribution in [2.75, 3.05) is 0 Å². The van der Waals surface area contributed by atoms with Gasteiger partial charge in [-0.3, -0.25) is 4.79 Å². The zero-order valence-electron chi connectivity index (χ0n) is 7.30. The smallest absolute Gasteiger partial charge is 0.306 e. The van der Waals surface area contributed by atoms with Gasteiger partial charge in [-0.25, -0.2) is 0 Å². The van der Waals surface area contributed by atoms with E-state index in [-0.39, 0.29) is 12.1 Å². The average molecular weight is 231 g/mol. The molecule has 0 amide bonds.